The van der Waals surface area contributed by atoms with E-state index in [1.54, 1.807) is 6.08 Å². The Labute approximate surface area is 119 Å². The van der Waals surface area contributed by atoms with Crippen LogP contribution in [0.4, 0.5) is 8.78 Å². The van der Waals surface area contributed by atoms with Crippen molar-refractivity contribution in [2.45, 2.75) is 23.2 Å². The quantitative estimate of drug-likeness (QED) is 0.645. The fourth-order valence-electron chi connectivity index (χ4n) is 2.01. The van der Waals surface area contributed by atoms with Gasteiger partial charge in [0.2, 0.25) is 0 Å². The van der Waals surface area contributed by atoms with Gasteiger partial charge in [0.1, 0.15) is 5.03 Å². The lowest BCUT2D eigenvalue weighted by Crippen LogP contribution is -2.33. The molecule has 0 spiro atoms. The number of carbonyl (C=O) groups is 1. The summed E-state index contributed by atoms with van der Waals surface area (Å²) >= 11 is 0.253. The van der Waals surface area contributed by atoms with E-state index in [-0.39, 0.29) is 40.9 Å². The number of hydrogen-bond acceptors (Lipinski definition) is 4. The first-order valence-corrected chi connectivity index (χ1v) is 6.98. The number of aromatic nitrogens is 1. The van der Waals surface area contributed by atoms with E-state index in [0.29, 0.717) is 6.42 Å². The number of carbonyl (C=O) groups excluding carboxylic acids is 1. The molecule has 4 nitrogen and oxygen atoms in total. The number of pyridine rings is 1. The molecule has 2 N–H and O–H groups in total. The van der Waals surface area contributed by atoms with Crippen LogP contribution >= 0.6 is 11.8 Å². The molecule has 20 heavy (non-hydrogen) atoms. The number of alkyl halides is 2. The van der Waals surface area contributed by atoms with E-state index < -0.39 is 11.7 Å². The molecule has 0 fully saturated rings. The highest BCUT2D eigenvalue weighted by Gasteiger charge is 2.22. The number of aliphatic hydroxyl groups excluding tert-OH is 1. The minimum absolute atomic E-state index is 0.0145. The highest BCUT2D eigenvalue weighted by molar-refractivity contribution is 7.99. The first kappa shape index (κ1) is 14.9. The first-order valence-electron chi connectivity index (χ1n) is 6.10. The highest BCUT2D eigenvalue weighted by atomic mass is 32.2. The van der Waals surface area contributed by atoms with Crippen LogP contribution in [-0.4, -0.2) is 34.4 Å². The van der Waals surface area contributed by atoms with Crippen molar-refractivity contribution in [2.24, 2.45) is 5.92 Å². The molecule has 1 aromatic rings. The van der Waals surface area contributed by atoms with Gasteiger partial charge in [0.25, 0.3) is 11.7 Å². The third-order valence-electron chi connectivity index (χ3n) is 2.94. The average Bonchev–Trinajstić information content (AvgIpc) is 2.86. The molecule has 7 heteroatoms. The number of halogens is 2. The van der Waals surface area contributed by atoms with Crippen molar-refractivity contribution < 1.29 is 18.7 Å². The van der Waals surface area contributed by atoms with Gasteiger partial charge in [-0.15, -0.1) is 0 Å². The summed E-state index contributed by atoms with van der Waals surface area (Å²) in [6.45, 7) is 0.0300. The van der Waals surface area contributed by atoms with Crippen molar-refractivity contribution in [3.8, 4) is 0 Å². The van der Waals surface area contributed by atoms with E-state index in [2.05, 4.69) is 10.3 Å². The number of thioether (sulfide) groups is 1. The number of rotatable bonds is 5. The van der Waals surface area contributed by atoms with Crippen molar-refractivity contribution in [3.05, 3.63) is 36.0 Å². The fraction of sp³-hybridized carbons (Fsp3) is 0.385. The summed E-state index contributed by atoms with van der Waals surface area (Å²) in [6.07, 6.45) is 5.62. The topological polar surface area (TPSA) is 62.2 Å². The molecule has 1 amide bonds. The SMILES string of the molecule is O=C(N[C@@H]1C=C[C@H](CO)C1)c1cccnc1SC(F)F. The maximum atomic E-state index is 12.4. The van der Waals surface area contributed by atoms with Crippen LogP contribution in [0.5, 0.6) is 0 Å². The normalized spacial score (nSPS) is 21.4. The van der Waals surface area contributed by atoms with Gasteiger partial charge in [-0.3, -0.25) is 4.79 Å². The largest absolute Gasteiger partial charge is 0.396 e. The molecule has 0 saturated carbocycles. The number of nitrogens with one attached hydrogen (secondary N) is 1. The molecule has 0 saturated heterocycles. The second kappa shape index (κ2) is 6.81. The van der Waals surface area contributed by atoms with Crippen molar-refractivity contribution in [3.63, 3.8) is 0 Å². The Morgan fingerprint density at radius 2 is 2.35 bits per heavy atom. The van der Waals surface area contributed by atoms with Crippen LogP contribution < -0.4 is 5.32 Å². The third kappa shape index (κ3) is 3.77. The minimum atomic E-state index is -2.62. The Kier molecular flexibility index (Phi) is 5.08. The number of aliphatic hydroxyl groups is 1. The molecule has 0 aromatic carbocycles. The van der Waals surface area contributed by atoms with Crippen molar-refractivity contribution in [2.75, 3.05) is 6.61 Å². The third-order valence-corrected chi connectivity index (χ3v) is 3.67. The Balaban J connectivity index is 2.04. The number of nitrogens with zero attached hydrogens (tertiary/aromatic N) is 1. The minimum Gasteiger partial charge on any atom is -0.396 e. The summed E-state index contributed by atoms with van der Waals surface area (Å²) in [6, 6.07) is 2.81. The van der Waals surface area contributed by atoms with Crippen LogP contribution in [0.2, 0.25) is 0 Å². The molecule has 2 rings (SSSR count). The van der Waals surface area contributed by atoms with Gasteiger partial charge in [-0.2, -0.15) is 8.78 Å². The zero-order valence-corrected chi connectivity index (χ0v) is 11.3. The molecule has 1 aliphatic carbocycles. The van der Waals surface area contributed by atoms with E-state index in [1.807, 2.05) is 6.08 Å². The molecule has 0 unspecified atom stereocenters. The second-order valence-corrected chi connectivity index (χ2v) is 5.36. The average molecular weight is 300 g/mol. The van der Waals surface area contributed by atoms with Gasteiger partial charge in [0.15, 0.2) is 0 Å². The second-order valence-electron chi connectivity index (χ2n) is 4.38. The summed E-state index contributed by atoms with van der Waals surface area (Å²) in [5, 5.41) is 11.8. The summed E-state index contributed by atoms with van der Waals surface area (Å²) in [4.78, 5) is 15.9. The fourth-order valence-corrected chi connectivity index (χ4v) is 2.58. The molecule has 108 valence electrons. The molecule has 1 aliphatic rings. The van der Waals surface area contributed by atoms with E-state index in [9.17, 15) is 13.6 Å². The van der Waals surface area contributed by atoms with Gasteiger partial charge in [-0.25, -0.2) is 4.98 Å². The van der Waals surface area contributed by atoms with Crippen LogP contribution in [-0.2, 0) is 0 Å². The lowest BCUT2D eigenvalue weighted by Gasteiger charge is -2.14. The first-order chi connectivity index (χ1) is 9.60. The van der Waals surface area contributed by atoms with E-state index in [4.69, 9.17) is 5.11 Å². The van der Waals surface area contributed by atoms with Crippen molar-refractivity contribution >= 4 is 17.7 Å². The maximum absolute atomic E-state index is 12.4. The Bertz CT molecular complexity index is 511. The standard InChI is InChI=1S/C13H14F2N2O2S/c14-13(15)20-12-10(2-1-5-16-12)11(19)17-9-4-3-8(6-9)7-18/h1-5,8-9,13,18H,6-7H2,(H,17,19)/t8-,9+/m0/s1. The predicted molar refractivity (Wildman–Crippen MR) is 71.7 cm³/mol. The van der Waals surface area contributed by atoms with Gasteiger partial charge < -0.3 is 10.4 Å². The summed E-state index contributed by atoms with van der Waals surface area (Å²) in [5.41, 5.74) is 0.138. The number of hydrogen-bond donors (Lipinski definition) is 2. The van der Waals surface area contributed by atoms with Crippen LogP contribution in [0, 0.1) is 5.92 Å². The summed E-state index contributed by atoms with van der Waals surface area (Å²) < 4.78 is 24.8. The van der Waals surface area contributed by atoms with Gasteiger partial charge in [0.05, 0.1) is 5.56 Å². The molecule has 1 heterocycles. The van der Waals surface area contributed by atoms with Crippen LogP contribution in [0.15, 0.2) is 35.5 Å². The predicted octanol–water partition coefficient (Wildman–Crippen LogP) is 2.06. The van der Waals surface area contributed by atoms with Gasteiger partial charge in [-0.05, 0) is 30.3 Å². The maximum Gasteiger partial charge on any atom is 0.290 e. The Morgan fingerprint density at radius 3 is 3.00 bits per heavy atom. The van der Waals surface area contributed by atoms with Crippen LogP contribution in [0.25, 0.3) is 0 Å². The van der Waals surface area contributed by atoms with Crippen LogP contribution in [0.1, 0.15) is 16.8 Å². The van der Waals surface area contributed by atoms with Gasteiger partial charge >= 0.3 is 0 Å². The van der Waals surface area contributed by atoms with Crippen LogP contribution in [0.3, 0.4) is 0 Å². The van der Waals surface area contributed by atoms with Crippen molar-refractivity contribution in [1.82, 2.24) is 10.3 Å². The number of amides is 1. The molecule has 2 atom stereocenters. The van der Waals surface area contributed by atoms with Gasteiger partial charge in [0, 0.05) is 24.8 Å². The lowest BCUT2D eigenvalue weighted by molar-refractivity contribution is 0.0937. The molecular weight excluding hydrogens is 286 g/mol. The van der Waals surface area contributed by atoms with Gasteiger partial charge in [-0.1, -0.05) is 12.2 Å². The smallest absolute Gasteiger partial charge is 0.290 e. The van der Waals surface area contributed by atoms with E-state index >= 15 is 0 Å². The summed E-state index contributed by atoms with van der Waals surface area (Å²) in [5.74, 6) is -3.03. The molecule has 1 aromatic heterocycles. The highest BCUT2D eigenvalue weighted by Crippen LogP contribution is 2.26. The molecule has 0 radical (unpaired) electrons. The monoisotopic (exact) mass is 300 g/mol. The zero-order valence-electron chi connectivity index (χ0n) is 10.5. The molecular formula is C13H14F2N2O2S. The van der Waals surface area contributed by atoms with Crippen molar-refractivity contribution in [1.29, 1.82) is 0 Å². The Hall–Kier alpha value is -1.47. The summed E-state index contributed by atoms with van der Waals surface area (Å²) in [7, 11) is 0. The zero-order chi connectivity index (χ0) is 14.5. The van der Waals surface area contributed by atoms with E-state index in [0.717, 1.165) is 0 Å². The lowest BCUT2D eigenvalue weighted by atomic mass is 10.1. The molecule has 0 aliphatic heterocycles. The van der Waals surface area contributed by atoms with E-state index in [1.165, 1.54) is 18.3 Å². The Morgan fingerprint density at radius 1 is 1.55 bits per heavy atom. The molecule has 0 bridgehead atoms.